The molecule has 0 spiro atoms. The van der Waals surface area contributed by atoms with Gasteiger partial charge in [0, 0.05) is 36.1 Å². The number of benzene rings is 1. The van der Waals surface area contributed by atoms with Crippen LogP contribution in [-0.2, 0) is 10.0 Å². The standard InChI is InChI=1S/C12H15N5O2S/c13-9-1-2-11(12(3-9)20(14,18)19)8-4-16-17(7-8)10-5-15-6-10/h1-4,7,10,15H,5-6,13H2,(H2,14,18,19). The summed E-state index contributed by atoms with van der Waals surface area (Å²) >= 11 is 0. The first-order valence-electron chi connectivity index (χ1n) is 6.13. The summed E-state index contributed by atoms with van der Waals surface area (Å²) in [7, 11) is -3.84. The van der Waals surface area contributed by atoms with Crippen molar-refractivity contribution in [1.29, 1.82) is 0 Å². The maximum atomic E-state index is 11.7. The number of nitrogens with zero attached hydrogens (tertiary/aromatic N) is 2. The van der Waals surface area contributed by atoms with E-state index in [-0.39, 0.29) is 4.90 Å². The molecule has 0 saturated carbocycles. The van der Waals surface area contributed by atoms with E-state index < -0.39 is 10.0 Å². The molecule has 0 unspecified atom stereocenters. The third-order valence-corrected chi connectivity index (χ3v) is 4.31. The van der Waals surface area contributed by atoms with Crippen molar-refractivity contribution in [1.82, 2.24) is 15.1 Å². The minimum atomic E-state index is -3.84. The van der Waals surface area contributed by atoms with Crippen molar-refractivity contribution in [3.8, 4) is 11.1 Å². The molecule has 5 N–H and O–H groups in total. The average molecular weight is 293 g/mol. The highest BCUT2D eigenvalue weighted by Gasteiger charge is 2.21. The highest BCUT2D eigenvalue weighted by molar-refractivity contribution is 7.89. The fourth-order valence-corrected chi connectivity index (χ4v) is 2.94. The Morgan fingerprint density at radius 2 is 2.10 bits per heavy atom. The number of nitrogens with one attached hydrogen (secondary N) is 1. The maximum absolute atomic E-state index is 11.7. The van der Waals surface area contributed by atoms with Crippen LogP contribution in [0.15, 0.2) is 35.5 Å². The van der Waals surface area contributed by atoms with E-state index in [1.165, 1.54) is 6.07 Å². The van der Waals surface area contributed by atoms with Crippen molar-refractivity contribution in [3.63, 3.8) is 0 Å². The predicted molar refractivity (Wildman–Crippen MR) is 75.4 cm³/mol. The molecular formula is C12H15N5O2S. The molecule has 1 fully saturated rings. The zero-order chi connectivity index (χ0) is 14.3. The number of sulfonamides is 1. The summed E-state index contributed by atoms with van der Waals surface area (Å²) in [5.41, 5.74) is 7.22. The highest BCUT2D eigenvalue weighted by atomic mass is 32.2. The molecule has 0 atom stereocenters. The first-order chi connectivity index (χ1) is 9.45. The molecule has 1 saturated heterocycles. The van der Waals surface area contributed by atoms with Crippen LogP contribution in [0, 0.1) is 0 Å². The molecule has 2 aromatic rings. The molecule has 1 aromatic heterocycles. The average Bonchev–Trinajstić information content (AvgIpc) is 2.74. The minimum absolute atomic E-state index is 0.0174. The van der Waals surface area contributed by atoms with E-state index in [9.17, 15) is 8.42 Å². The quantitative estimate of drug-likeness (QED) is 0.685. The summed E-state index contributed by atoms with van der Waals surface area (Å²) in [6.07, 6.45) is 3.46. The third kappa shape index (κ3) is 2.28. The van der Waals surface area contributed by atoms with E-state index in [2.05, 4.69) is 10.4 Å². The van der Waals surface area contributed by atoms with Gasteiger partial charge in [0.05, 0.1) is 17.1 Å². The van der Waals surface area contributed by atoms with Crippen molar-refractivity contribution in [3.05, 3.63) is 30.6 Å². The zero-order valence-corrected chi connectivity index (χ0v) is 11.5. The van der Waals surface area contributed by atoms with E-state index in [1.54, 1.807) is 18.3 Å². The van der Waals surface area contributed by atoms with Gasteiger partial charge in [-0.1, -0.05) is 6.07 Å². The lowest BCUT2D eigenvalue weighted by Crippen LogP contribution is -2.43. The summed E-state index contributed by atoms with van der Waals surface area (Å²) in [6, 6.07) is 4.98. The van der Waals surface area contributed by atoms with Gasteiger partial charge < -0.3 is 11.1 Å². The second-order valence-corrected chi connectivity index (χ2v) is 6.35. The summed E-state index contributed by atoms with van der Waals surface area (Å²) in [4.78, 5) is 0.0174. The van der Waals surface area contributed by atoms with Gasteiger partial charge in [0.2, 0.25) is 10.0 Å². The number of primary sulfonamides is 1. The summed E-state index contributed by atoms with van der Waals surface area (Å²) < 4.78 is 25.2. The van der Waals surface area contributed by atoms with Crippen LogP contribution in [0.4, 0.5) is 5.69 Å². The van der Waals surface area contributed by atoms with Crippen molar-refractivity contribution in [2.75, 3.05) is 18.8 Å². The van der Waals surface area contributed by atoms with Gasteiger partial charge in [0.15, 0.2) is 0 Å². The number of hydrogen-bond donors (Lipinski definition) is 3. The van der Waals surface area contributed by atoms with Crippen LogP contribution < -0.4 is 16.2 Å². The van der Waals surface area contributed by atoms with Crippen molar-refractivity contribution >= 4 is 15.7 Å². The van der Waals surface area contributed by atoms with E-state index in [1.807, 2.05) is 10.9 Å². The van der Waals surface area contributed by atoms with Crippen LogP contribution in [0.25, 0.3) is 11.1 Å². The Kier molecular flexibility index (Phi) is 3.00. The van der Waals surface area contributed by atoms with Crippen LogP contribution in [0.5, 0.6) is 0 Å². The van der Waals surface area contributed by atoms with Gasteiger partial charge in [0.25, 0.3) is 0 Å². The van der Waals surface area contributed by atoms with Crippen molar-refractivity contribution in [2.45, 2.75) is 10.9 Å². The number of rotatable bonds is 3. The molecule has 0 amide bonds. The lowest BCUT2D eigenvalue weighted by Gasteiger charge is -2.27. The number of hydrogen-bond acceptors (Lipinski definition) is 5. The molecule has 2 heterocycles. The highest BCUT2D eigenvalue weighted by Crippen LogP contribution is 2.29. The first-order valence-corrected chi connectivity index (χ1v) is 7.67. The van der Waals surface area contributed by atoms with E-state index in [0.29, 0.717) is 22.9 Å². The largest absolute Gasteiger partial charge is 0.399 e. The van der Waals surface area contributed by atoms with Crippen LogP contribution >= 0.6 is 0 Å². The lowest BCUT2D eigenvalue weighted by molar-refractivity contribution is 0.318. The molecular weight excluding hydrogens is 278 g/mol. The number of aromatic nitrogens is 2. The van der Waals surface area contributed by atoms with Crippen molar-refractivity contribution < 1.29 is 8.42 Å². The molecule has 0 aliphatic carbocycles. The van der Waals surface area contributed by atoms with Gasteiger partial charge in [-0.15, -0.1) is 0 Å². The monoisotopic (exact) mass is 293 g/mol. The Morgan fingerprint density at radius 3 is 2.70 bits per heavy atom. The Bertz CT molecular complexity index is 749. The molecule has 0 bridgehead atoms. The molecule has 106 valence electrons. The first kappa shape index (κ1) is 13.1. The summed E-state index contributed by atoms with van der Waals surface area (Å²) in [5.74, 6) is 0. The van der Waals surface area contributed by atoms with Crippen molar-refractivity contribution in [2.24, 2.45) is 5.14 Å². The second-order valence-electron chi connectivity index (χ2n) is 4.82. The molecule has 20 heavy (non-hydrogen) atoms. The maximum Gasteiger partial charge on any atom is 0.238 e. The molecule has 1 aliphatic heterocycles. The smallest absolute Gasteiger partial charge is 0.238 e. The number of nitrogen functional groups attached to an aromatic ring is 1. The molecule has 1 aliphatic rings. The van der Waals surface area contributed by atoms with Crippen LogP contribution in [-0.4, -0.2) is 31.3 Å². The van der Waals surface area contributed by atoms with Gasteiger partial charge in [-0.25, -0.2) is 13.6 Å². The van der Waals surface area contributed by atoms with Crippen LogP contribution in [0.2, 0.25) is 0 Å². The predicted octanol–water partition coefficient (Wildman–Crippen LogP) is -0.0760. The summed E-state index contributed by atoms with van der Waals surface area (Å²) in [6.45, 7) is 1.73. The van der Waals surface area contributed by atoms with E-state index in [4.69, 9.17) is 10.9 Å². The Morgan fingerprint density at radius 1 is 1.35 bits per heavy atom. The normalized spacial score (nSPS) is 16.1. The third-order valence-electron chi connectivity index (χ3n) is 3.36. The van der Waals surface area contributed by atoms with Crippen LogP contribution in [0.3, 0.4) is 0 Å². The molecule has 8 heteroatoms. The Hall–Kier alpha value is -1.90. The molecule has 3 rings (SSSR count). The van der Waals surface area contributed by atoms with E-state index in [0.717, 1.165) is 13.1 Å². The minimum Gasteiger partial charge on any atom is -0.399 e. The van der Waals surface area contributed by atoms with E-state index >= 15 is 0 Å². The topological polar surface area (TPSA) is 116 Å². The molecule has 0 radical (unpaired) electrons. The fourth-order valence-electron chi connectivity index (χ4n) is 2.15. The van der Waals surface area contributed by atoms with Gasteiger partial charge in [-0.3, -0.25) is 4.68 Å². The molecule has 7 nitrogen and oxygen atoms in total. The Balaban J connectivity index is 2.07. The second kappa shape index (κ2) is 4.58. The number of nitrogens with two attached hydrogens (primary N) is 2. The lowest BCUT2D eigenvalue weighted by atomic mass is 10.1. The zero-order valence-electron chi connectivity index (χ0n) is 10.7. The van der Waals surface area contributed by atoms with Gasteiger partial charge in [-0.05, 0) is 12.1 Å². The SMILES string of the molecule is Nc1ccc(-c2cnn(C3CNC3)c2)c(S(N)(=O)=O)c1. The van der Waals surface area contributed by atoms with Gasteiger partial charge in [-0.2, -0.15) is 5.10 Å². The number of anilines is 1. The fraction of sp³-hybridized carbons (Fsp3) is 0.250. The van der Waals surface area contributed by atoms with Gasteiger partial charge in [0.1, 0.15) is 0 Å². The van der Waals surface area contributed by atoms with Gasteiger partial charge >= 0.3 is 0 Å². The van der Waals surface area contributed by atoms with Crippen LogP contribution in [0.1, 0.15) is 6.04 Å². The Labute approximate surface area is 116 Å². The molecule has 1 aromatic carbocycles. The summed E-state index contributed by atoms with van der Waals surface area (Å²) in [5, 5.41) is 12.7.